The summed E-state index contributed by atoms with van der Waals surface area (Å²) in [5.74, 6) is -2.95. The van der Waals surface area contributed by atoms with Crippen molar-refractivity contribution in [3.8, 4) is 0 Å². The highest BCUT2D eigenvalue weighted by atomic mass is 16.6. The van der Waals surface area contributed by atoms with Crippen LogP contribution in [0.15, 0.2) is 30.3 Å². The van der Waals surface area contributed by atoms with Gasteiger partial charge in [0.2, 0.25) is 0 Å². The van der Waals surface area contributed by atoms with E-state index in [1.165, 1.54) is 14.0 Å². The molecule has 1 aromatic carbocycles. The summed E-state index contributed by atoms with van der Waals surface area (Å²) in [7, 11) is 6.59. The first kappa shape index (κ1) is 31.5. The zero-order chi connectivity index (χ0) is 32.1. The molecule has 45 heavy (non-hydrogen) atoms. The number of methoxy groups -OCH3 is 4. The van der Waals surface area contributed by atoms with Crippen LogP contribution in [0.25, 0.3) is 0 Å². The van der Waals surface area contributed by atoms with Crippen LogP contribution in [-0.2, 0) is 33.2 Å². The number of aliphatic hydroxyl groups excluding tert-OH is 1. The van der Waals surface area contributed by atoms with Crippen LogP contribution in [0.4, 0.5) is 0 Å². The first-order valence-electron chi connectivity index (χ1n) is 16.2. The van der Waals surface area contributed by atoms with Gasteiger partial charge in [-0.2, -0.15) is 0 Å². The summed E-state index contributed by atoms with van der Waals surface area (Å²) in [6.45, 7) is 5.44. The van der Waals surface area contributed by atoms with Gasteiger partial charge in [-0.15, -0.1) is 0 Å². The molecule has 6 fully saturated rings. The number of carbonyl (C=O) groups is 2. The lowest BCUT2D eigenvalue weighted by molar-refractivity contribution is -0.317. The third-order valence-corrected chi connectivity index (χ3v) is 13.0. The maximum Gasteiger partial charge on any atom is 0.338 e. The average Bonchev–Trinajstić information content (AvgIpc) is 3.40. The number of ether oxygens (including phenoxy) is 6. The summed E-state index contributed by atoms with van der Waals surface area (Å²) in [5, 5.41) is 25.3. The molecular formula is C34H47NO10. The van der Waals surface area contributed by atoms with Crippen molar-refractivity contribution in [3.63, 3.8) is 0 Å². The number of hydrogen-bond donors (Lipinski definition) is 2. The van der Waals surface area contributed by atoms with E-state index < -0.39 is 64.8 Å². The smallest absolute Gasteiger partial charge is 0.338 e. The summed E-state index contributed by atoms with van der Waals surface area (Å²) in [6, 6.07) is 8.42. The van der Waals surface area contributed by atoms with Gasteiger partial charge in [0.25, 0.3) is 0 Å². The zero-order valence-corrected chi connectivity index (χ0v) is 27.0. The molecule has 11 heteroatoms. The van der Waals surface area contributed by atoms with E-state index in [0.717, 1.165) is 19.4 Å². The summed E-state index contributed by atoms with van der Waals surface area (Å²) >= 11 is 0. The number of esters is 2. The third-order valence-electron chi connectivity index (χ3n) is 13.0. The molecule has 1 unspecified atom stereocenters. The van der Waals surface area contributed by atoms with E-state index in [1.807, 2.05) is 6.07 Å². The maximum absolute atomic E-state index is 13.7. The minimum atomic E-state index is -1.76. The van der Waals surface area contributed by atoms with Gasteiger partial charge in [0.1, 0.15) is 23.9 Å². The molecule has 1 aromatic rings. The highest BCUT2D eigenvalue weighted by Crippen LogP contribution is 2.80. The Balaban J connectivity index is 1.52. The van der Waals surface area contributed by atoms with Crippen molar-refractivity contribution in [1.29, 1.82) is 0 Å². The van der Waals surface area contributed by atoms with Crippen molar-refractivity contribution < 1.29 is 48.2 Å². The largest absolute Gasteiger partial charge is 0.455 e. The molecule has 7 bridgehead atoms. The van der Waals surface area contributed by atoms with E-state index >= 15 is 0 Å². The van der Waals surface area contributed by atoms with Crippen molar-refractivity contribution >= 4 is 11.9 Å². The number of benzene rings is 1. The molecule has 5 saturated carbocycles. The Kier molecular flexibility index (Phi) is 7.48. The fourth-order valence-electron chi connectivity index (χ4n) is 12.4. The first-order valence-corrected chi connectivity index (χ1v) is 16.2. The molecule has 0 radical (unpaired) electrons. The molecule has 11 nitrogen and oxygen atoms in total. The van der Waals surface area contributed by atoms with Gasteiger partial charge in [0, 0.05) is 76.5 Å². The topological polar surface area (TPSA) is 133 Å². The van der Waals surface area contributed by atoms with Crippen molar-refractivity contribution in [2.45, 2.75) is 80.9 Å². The molecule has 7 rings (SSSR count). The van der Waals surface area contributed by atoms with Crippen LogP contribution in [0.3, 0.4) is 0 Å². The number of fused-ring (bicyclic) bond motifs is 2. The van der Waals surface area contributed by atoms with Crippen molar-refractivity contribution in [2.24, 2.45) is 34.5 Å². The minimum Gasteiger partial charge on any atom is -0.455 e. The quantitative estimate of drug-likeness (QED) is 0.387. The number of nitrogens with zero attached hydrogens (tertiary/aromatic N) is 1. The molecule has 0 aromatic heterocycles. The highest BCUT2D eigenvalue weighted by Gasteiger charge is 2.91. The molecule has 5 aliphatic carbocycles. The SMILES string of the molecule is CCN1C[C@@]2(COC)CC[C@@H](OC)[C@@]34[C@@H]1C([C@@H](OC)[C@@H]23)[C@@]1(OC(C)=O)[C@@H]2[C@H](OC(=O)c3ccccc3)[C@@](O)(C[C@@H]24)[C@H](OC)[C@H]1O. The summed E-state index contributed by atoms with van der Waals surface area (Å²) in [6.07, 6.45) is -2.64. The number of rotatable bonds is 9. The zero-order valence-electron chi connectivity index (χ0n) is 27.0. The molecule has 1 spiro atoms. The first-order chi connectivity index (χ1) is 21.6. The van der Waals surface area contributed by atoms with Crippen molar-refractivity contribution in [1.82, 2.24) is 4.90 Å². The van der Waals surface area contributed by atoms with Gasteiger partial charge in [0.15, 0.2) is 5.60 Å². The monoisotopic (exact) mass is 629 g/mol. The Hall–Kier alpha value is -2.12. The second-order valence-corrected chi connectivity index (χ2v) is 14.3. The van der Waals surface area contributed by atoms with Gasteiger partial charge in [-0.3, -0.25) is 9.69 Å². The van der Waals surface area contributed by atoms with Crippen LogP contribution in [0, 0.1) is 34.5 Å². The van der Waals surface area contributed by atoms with E-state index in [9.17, 15) is 19.8 Å². The van der Waals surface area contributed by atoms with E-state index in [2.05, 4.69) is 11.8 Å². The lowest BCUT2D eigenvalue weighted by atomic mass is 9.43. The van der Waals surface area contributed by atoms with Gasteiger partial charge in [-0.1, -0.05) is 25.1 Å². The van der Waals surface area contributed by atoms with Crippen LogP contribution in [-0.4, -0.2) is 123 Å². The Morgan fingerprint density at radius 3 is 2.36 bits per heavy atom. The number of likely N-dealkylation sites (tertiary alicyclic amines) is 1. The van der Waals surface area contributed by atoms with Crippen molar-refractivity contribution in [3.05, 3.63) is 35.9 Å². The normalized spacial score (nSPS) is 49.1. The lowest BCUT2D eigenvalue weighted by Gasteiger charge is -2.69. The summed E-state index contributed by atoms with van der Waals surface area (Å²) in [5.41, 5.74) is -3.92. The molecule has 6 aliphatic rings. The molecule has 14 atom stereocenters. The van der Waals surface area contributed by atoms with Crippen LogP contribution < -0.4 is 0 Å². The Morgan fingerprint density at radius 2 is 1.76 bits per heavy atom. The molecule has 2 N–H and O–H groups in total. The van der Waals surface area contributed by atoms with Gasteiger partial charge in [0.05, 0.1) is 24.4 Å². The Labute approximate surface area is 264 Å². The predicted molar refractivity (Wildman–Crippen MR) is 159 cm³/mol. The number of piperidine rings is 1. The van der Waals surface area contributed by atoms with Gasteiger partial charge in [-0.25, -0.2) is 4.79 Å². The molecule has 0 amide bonds. The standard InChI is InChI=1S/C34H47NO10/c1-7-35-16-31(17-40-3)14-13-21(41-4)33-20-15-32(39)28(44-30(38)19-11-9-8-10-12-19)22(20)34(45-18(2)36,27(37)29(32)43-6)23(26(33)35)24(42-5)25(31)33/h8-12,20-29,37,39H,7,13-17H2,1-6H3/t20-,21+,22-,23?,24+,25-,26-,27+,28-,29+,31+,32-,33+,34-/m0/s1. The number of aliphatic hydroxyl groups is 2. The second-order valence-electron chi connectivity index (χ2n) is 14.3. The number of carbonyl (C=O) groups excluding carboxylic acids is 2. The maximum atomic E-state index is 13.7. The Bertz CT molecular complexity index is 1330. The lowest BCUT2D eigenvalue weighted by Crippen LogP contribution is -2.80. The minimum absolute atomic E-state index is 0.101. The summed E-state index contributed by atoms with van der Waals surface area (Å²) < 4.78 is 37.7. The van der Waals surface area contributed by atoms with E-state index in [4.69, 9.17) is 28.4 Å². The van der Waals surface area contributed by atoms with E-state index in [0.29, 0.717) is 18.7 Å². The average molecular weight is 630 g/mol. The Morgan fingerprint density at radius 1 is 1.02 bits per heavy atom. The molecular weight excluding hydrogens is 582 g/mol. The highest BCUT2D eigenvalue weighted by molar-refractivity contribution is 5.89. The van der Waals surface area contributed by atoms with E-state index in [1.54, 1.807) is 45.6 Å². The summed E-state index contributed by atoms with van der Waals surface area (Å²) in [4.78, 5) is 29.4. The van der Waals surface area contributed by atoms with Gasteiger partial charge in [-0.05, 0) is 43.9 Å². The van der Waals surface area contributed by atoms with Gasteiger partial charge < -0.3 is 38.6 Å². The predicted octanol–water partition coefficient (Wildman–Crippen LogP) is 1.68. The van der Waals surface area contributed by atoms with E-state index in [-0.39, 0.29) is 35.8 Å². The van der Waals surface area contributed by atoms with Crippen molar-refractivity contribution in [2.75, 3.05) is 48.1 Å². The third kappa shape index (κ3) is 3.66. The van der Waals surface area contributed by atoms with Crippen LogP contribution in [0.2, 0.25) is 0 Å². The molecule has 1 saturated heterocycles. The fraction of sp³-hybridized carbons (Fsp3) is 0.765. The van der Waals surface area contributed by atoms with Gasteiger partial charge >= 0.3 is 11.9 Å². The second kappa shape index (κ2) is 10.7. The molecule has 1 heterocycles. The van der Waals surface area contributed by atoms with Crippen LogP contribution in [0.1, 0.15) is 43.5 Å². The molecule has 1 aliphatic heterocycles. The molecule has 248 valence electrons. The fourth-order valence-corrected chi connectivity index (χ4v) is 12.4. The number of hydrogen-bond acceptors (Lipinski definition) is 11. The van der Waals surface area contributed by atoms with Crippen LogP contribution >= 0.6 is 0 Å². The van der Waals surface area contributed by atoms with Crippen LogP contribution in [0.5, 0.6) is 0 Å².